The number of ether oxygens (including phenoxy) is 3. The Bertz CT molecular complexity index is 430. The molecule has 0 bridgehead atoms. The van der Waals surface area contributed by atoms with Crippen molar-refractivity contribution in [3.8, 4) is 11.5 Å². The van der Waals surface area contributed by atoms with E-state index >= 15 is 0 Å². The summed E-state index contributed by atoms with van der Waals surface area (Å²) in [5.74, 6) is 1.77. The second kappa shape index (κ2) is 6.95. The zero-order valence-electron chi connectivity index (χ0n) is 12.7. The number of hydrogen-bond acceptors (Lipinski definition) is 4. The van der Waals surface area contributed by atoms with Crippen molar-refractivity contribution in [2.75, 3.05) is 34.5 Å². The van der Waals surface area contributed by atoms with Gasteiger partial charge in [0.15, 0.2) is 0 Å². The van der Waals surface area contributed by atoms with Crippen LogP contribution in [-0.2, 0) is 11.3 Å². The van der Waals surface area contributed by atoms with Gasteiger partial charge in [0.1, 0.15) is 11.5 Å². The molecule has 1 aliphatic carbocycles. The molecule has 0 aromatic heterocycles. The van der Waals surface area contributed by atoms with Gasteiger partial charge in [-0.25, -0.2) is 0 Å². The molecular weight excluding hydrogens is 254 g/mol. The van der Waals surface area contributed by atoms with Gasteiger partial charge in [0.25, 0.3) is 0 Å². The van der Waals surface area contributed by atoms with E-state index in [0.717, 1.165) is 43.2 Å². The smallest absolute Gasteiger partial charge is 0.123 e. The van der Waals surface area contributed by atoms with E-state index in [1.807, 2.05) is 18.2 Å². The Morgan fingerprint density at radius 2 is 1.95 bits per heavy atom. The van der Waals surface area contributed by atoms with E-state index in [-0.39, 0.29) is 0 Å². The molecule has 1 aromatic carbocycles. The molecule has 1 aliphatic rings. The van der Waals surface area contributed by atoms with Gasteiger partial charge in [-0.05, 0) is 42.9 Å². The predicted molar refractivity (Wildman–Crippen MR) is 79.4 cm³/mol. The number of hydrogen-bond donors (Lipinski definition) is 1. The van der Waals surface area contributed by atoms with E-state index in [1.54, 1.807) is 21.3 Å². The van der Waals surface area contributed by atoms with Gasteiger partial charge in [-0.1, -0.05) is 0 Å². The lowest BCUT2D eigenvalue weighted by Gasteiger charge is -2.16. The fourth-order valence-corrected chi connectivity index (χ4v) is 2.49. The molecule has 0 amide bonds. The summed E-state index contributed by atoms with van der Waals surface area (Å²) in [5, 5.41) is 3.55. The molecule has 0 heterocycles. The summed E-state index contributed by atoms with van der Waals surface area (Å²) in [5.41, 5.74) is 1.59. The van der Waals surface area contributed by atoms with Gasteiger partial charge in [0.05, 0.1) is 14.2 Å². The van der Waals surface area contributed by atoms with Gasteiger partial charge >= 0.3 is 0 Å². The molecule has 0 aliphatic heterocycles. The van der Waals surface area contributed by atoms with E-state index in [2.05, 4.69) is 5.32 Å². The Morgan fingerprint density at radius 1 is 1.15 bits per heavy atom. The van der Waals surface area contributed by atoms with Crippen LogP contribution in [0.3, 0.4) is 0 Å². The van der Waals surface area contributed by atoms with E-state index in [0.29, 0.717) is 5.41 Å². The molecule has 112 valence electrons. The lowest BCUT2D eigenvalue weighted by atomic mass is 10.0. The lowest BCUT2D eigenvalue weighted by molar-refractivity contribution is 0.171. The average Bonchev–Trinajstić information content (AvgIpc) is 3.25. The van der Waals surface area contributed by atoms with Gasteiger partial charge in [-0.2, -0.15) is 0 Å². The van der Waals surface area contributed by atoms with Crippen LogP contribution in [0.15, 0.2) is 18.2 Å². The number of benzene rings is 1. The highest BCUT2D eigenvalue weighted by molar-refractivity contribution is 5.40. The number of rotatable bonds is 9. The Labute approximate surface area is 121 Å². The first-order chi connectivity index (χ1) is 9.73. The monoisotopic (exact) mass is 279 g/mol. The first-order valence-corrected chi connectivity index (χ1v) is 7.13. The Morgan fingerprint density at radius 3 is 2.55 bits per heavy atom. The fourth-order valence-electron chi connectivity index (χ4n) is 2.49. The summed E-state index contributed by atoms with van der Waals surface area (Å²) in [6.07, 6.45) is 3.75. The Balaban J connectivity index is 1.87. The van der Waals surface area contributed by atoms with Crippen LogP contribution >= 0.6 is 0 Å². The highest BCUT2D eigenvalue weighted by Crippen LogP contribution is 2.48. The minimum Gasteiger partial charge on any atom is -0.497 e. The van der Waals surface area contributed by atoms with E-state index < -0.39 is 0 Å². The first-order valence-electron chi connectivity index (χ1n) is 7.13. The van der Waals surface area contributed by atoms with Crippen LogP contribution in [0, 0.1) is 5.41 Å². The van der Waals surface area contributed by atoms with Gasteiger partial charge in [-0.15, -0.1) is 0 Å². The third-order valence-electron chi connectivity index (χ3n) is 4.10. The molecule has 0 atom stereocenters. The molecule has 0 saturated heterocycles. The van der Waals surface area contributed by atoms with Crippen molar-refractivity contribution in [2.45, 2.75) is 25.8 Å². The maximum Gasteiger partial charge on any atom is 0.123 e. The Kier molecular flexibility index (Phi) is 5.26. The van der Waals surface area contributed by atoms with Crippen LogP contribution in [0.5, 0.6) is 11.5 Å². The molecule has 20 heavy (non-hydrogen) atoms. The molecule has 0 radical (unpaired) electrons. The third-order valence-corrected chi connectivity index (χ3v) is 4.10. The van der Waals surface area contributed by atoms with Crippen LogP contribution in [0.4, 0.5) is 0 Å². The fraction of sp³-hybridized carbons (Fsp3) is 0.625. The number of nitrogens with one attached hydrogen (secondary N) is 1. The lowest BCUT2D eigenvalue weighted by Crippen LogP contribution is -2.24. The van der Waals surface area contributed by atoms with Gasteiger partial charge in [0.2, 0.25) is 0 Å². The molecule has 1 N–H and O–H groups in total. The maximum absolute atomic E-state index is 5.39. The summed E-state index contributed by atoms with van der Waals surface area (Å²) < 4.78 is 15.8. The normalized spacial score (nSPS) is 15.9. The van der Waals surface area contributed by atoms with Crippen LogP contribution in [0.1, 0.15) is 24.8 Å². The first kappa shape index (κ1) is 15.1. The van der Waals surface area contributed by atoms with Gasteiger partial charge in [-0.3, -0.25) is 0 Å². The molecule has 2 rings (SSSR count). The van der Waals surface area contributed by atoms with Crippen LogP contribution in [0.25, 0.3) is 0 Å². The third kappa shape index (κ3) is 3.87. The largest absolute Gasteiger partial charge is 0.497 e. The highest BCUT2D eigenvalue weighted by atomic mass is 16.5. The summed E-state index contributed by atoms with van der Waals surface area (Å²) in [7, 11) is 5.15. The zero-order chi connectivity index (χ0) is 14.4. The van der Waals surface area contributed by atoms with E-state index in [4.69, 9.17) is 14.2 Å². The van der Waals surface area contributed by atoms with Crippen molar-refractivity contribution in [3.05, 3.63) is 23.8 Å². The van der Waals surface area contributed by atoms with E-state index in [9.17, 15) is 0 Å². The van der Waals surface area contributed by atoms with Crippen LogP contribution in [-0.4, -0.2) is 34.5 Å². The Hall–Kier alpha value is -1.26. The van der Waals surface area contributed by atoms with Crippen molar-refractivity contribution in [1.82, 2.24) is 5.32 Å². The molecule has 0 unspecified atom stereocenters. The summed E-state index contributed by atoms with van der Waals surface area (Å²) in [4.78, 5) is 0. The van der Waals surface area contributed by atoms with Crippen LogP contribution in [0.2, 0.25) is 0 Å². The summed E-state index contributed by atoms with van der Waals surface area (Å²) >= 11 is 0. The van der Waals surface area contributed by atoms with E-state index in [1.165, 1.54) is 12.8 Å². The SMILES string of the molecule is COCCC1(CNCc2cc(OC)ccc2OC)CC1. The molecule has 0 spiro atoms. The molecule has 4 nitrogen and oxygen atoms in total. The zero-order valence-corrected chi connectivity index (χ0v) is 12.7. The number of methoxy groups -OCH3 is 3. The quantitative estimate of drug-likeness (QED) is 0.754. The standard InChI is InChI=1S/C16H25NO3/c1-18-9-8-16(6-7-16)12-17-11-13-10-14(19-2)4-5-15(13)20-3/h4-5,10,17H,6-9,11-12H2,1-3H3. The van der Waals surface area contributed by atoms with Gasteiger partial charge in [0, 0.05) is 32.4 Å². The second-order valence-corrected chi connectivity index (χ2v) is 5.52. The molecular formula is C16H25NO3. The minimum absolute atomic E-state index is 0.460. The average molecular weight is 279 g/mol. The molecule has 4 heteroatoms. The van der Waals surface area contributed by atoms with Crippen LogP contribution < -0.4 is 14.8 Å². The maximum atomic E-state index is 5.39. The van der Waals surface area contributed by atoms with Crippen molar-refractivity contribution < 1.29 is 14.2 Å². The van der Waals surface area contributed by atoms with Crippen molar-refractivity contribution in [3.63, 3.8) is 0 Å². The van der Waals surface area contributed by atoms with Gasteiger partial charge < -0.3 is 19.5 Å². The topological polar surface area (TPSA) is 39.7 Å². The molecule has 1 saturated carbocycles. The second-order valence-electron chi connectivity index (χ2n) is 5.52. The highest BCUT2D eigenvalue weighted by Gasteiger charge is 2.41. The molecule has 1 aromatic rings. The summed E-state index contributed by atoms with van der Waals surface area (Å²) in [6.45, 7) is 2.69. The predicted octanol–water partition coefficient (Wildman–Crippen LogP) is 2.61. The van der Waals surface area contributed by atoms with Crippen molar-refractivity contribution in [1.29, 1.82) is 0 Å². The summed E-state index contributed by atoms with van der Waals surface area (Å²) in [6, 6.07) is 5.90. The van der Waals surface area contributed by atoms with Crippen molar-refractivity contribution in [2.24, 2.45) is 5.41 Å². The molecule has 1 fully saturated rings. The minimum atomic E-state index is 0.460. The van der Waals surface area contributed by atoms with Crippen molar-refractivity contribution >= 4 is 0 Å².